The molecule has 3 N–H and O–H groups in total. The molecule has 0 heterocycles. The predicted octanol–water partition coefficient (Wildman–Crippen LogP) is 3.19. The summed E-state index contributed by atoms with van der Waals surface area (Å²) in [6.45, 7) is 1.62. The van der Waals surface area contributed by atoms with Gasteiger partial charge in [0.1, 0.15) is 11.5 Å². The minimum atomic E-state index is -0.443. The number of hydrazone groups is 1. The van der Waals surface area contributed by atoms with Crippen molar-refractivity contribution in [1.82, 2.24) is 5.43 Å². The number of anilines is 1. The average Bonchev–Trinajstić information content (AvgIpc) is 2.60. The minimum Gasteiger partial charge on any atom is -0.508 e. The number of benzene rings is 2. The van der Waals surface area contributed by atoms with Gasteiger partial charge in [-0.2, -0.15) is 5.10 Å². The highest BCUT2D eigenvalue weighted by molar-refractivity contribution is 6.31. The molecule has 136 valence electrons. The molecule has 0 aromatic heterocycles. The van der Waals surface area contributed by atoms with Gasteiger partial charge < -0.3 is 15.2 Å². The summed E-state index contributed by atoms with van der Waals surface area (Å²) < 4.78 is 5.16. The van der Waals surface area contributed by atoms with Gasteiger partial charge >= 0.3 is 0 Å². The summed E-state index contributed by atoms with van der Waals surface area (Å²) in [6.07, 6.45) is -0.0223. The van der Waals surface area contributed by atoms with Gasteiger partial charge in [-0.25, -0.2) is 5.43 Å². The third kappa shape index (κ3) is 5.49. The van der Waals surface area contributed by atoms with E-state index >= 15 is 0 Å². The number of ether oxygens (including phenoxy) is 1. The Morgan fingerprint density at radius 1 is 1.19 bits per heavy atom. The first-order chi connectivity index (χ1) is 12.4. The molecule has 26 heavy (non-hydrogen) atoms. The van der Waals surface area contributed by atoms with Crippen LogP contribution in [-0.4, -0.2) is 29.7 Å². The van der Waals surface area contributed by atoms with Crippen LogP contribution in [0.3, 0.4) is 0 Å². The first kappa shape index (κ1) is 19.3. The van der Waals surface area contributed by atoms with Gasteiger partial charge in [0.05, 0.1) is 19.2 Å². The summed E-state index contributed by atoms with van der Waals surface area (Å²) in [5.74, 6) is -0.223. The topological polar surface area (TPSA) is 100 Å². The van der Waals surface area contributed by atoms with Crippen molar-refractivity contribution in [2.24, 2.45) is 5.10 Å². The van der Waals surface area contributed by atoms with E-state index in [-0.39, 0.29) is 18.1 Å². The Labute approximate surface area is 155 Å². The third-order valence-electron chi connectivity index (χ3n) is 3.33. The summed E-state index contributed by atoms with van der Waals surface area (Å²) in [6, 6.07) is 10.6. The van der Waals surface area contributed by atoms with Gasteiger partial charge in [-0.1, -0.05) is 11.6 Å². The molecule has 0 atom stereocenters. The van der Waals surface area contributed by atoms with E-state index in [0.717, 1.165) is 0 Å². The standard InChI is InChI=1S/C18H18ClN3O4/c1-11(21-22-18(25)12-3-6-14(23)7-4-12)9-17(24)20-15-10-13(19)5-8-16(15)26-2/h3-8,10,23H,9H2,1-2H3,(H,20,24)(H,22,25). The molecule has 0 spiro atoms. The SMILES string of the molecule is COc1ccc(Cl)cc1NC(=O)CC(C)=NNC(=O)c1ccc(O)cc1. The Morgan fingerprint density at radius 3 is 2.54 bits per heavy atom. The Morgan fingerprint density at radius 2 is 1.88 bits per heavy atom. The number of nitrogens with one attached hydrogen (secondary N) is 2. The lowest BCUT2D eigenvalue weighted by Crippen LogP contribution is -2.21. The molecule has 0 bridgehead atoms. The highest BCUT2D eigenvalue weighted by Crippen LogP contribution is 2.27. The van der Waals surface area contributed by atoms with E-state index in [1.165, 1.54) is 31.4 Å². The van der Waals surface area contributed by atoms with Crippen LogP contribution in [0.15, 0.2) is 47.6 Å². The maximum Gasteiger partial charge on any atom is 0.271 e. The molecule has 0 saturated heterocycles. The molecule has 2 aromatic rings. The van der Waals surface area contributed by atoms with E-state index in [2.05, 4.69) is 15.8 Å². The maximum absolute atomic E-state index is 12.1. The quantitative estimate of drug-likeness (QED) is 0.533. The van der Waals surface area contributed by atoms with E-state index in [0.29, 0.717) is 27.7 Å². The lowest BCUT2D eigenvalue weighted by Gasteiger charge is -2.10. The molecular weight excluding hydrogens is 358 g/mol. The van der Waals surface area contributed by atoms with Crippen molar-refractivity contribution in [3.05, 3.63) is 53.1 Å². The molecule has 8 heteroatoms. The Bertz CT molecular complexity index is 835. The van der Waals surface area contributed by atoms with Crippen LogP contribution in [0.25, 0.3) is 0 Å². The van der Waals surface area contributed by atoms with Crippen LogP contribution in [0.2, 0.25) is 5.02 Å². The number of carbonyl (C=O) groups excluding carboxylic acids is 2. The fourth-order valence-corrected chi connectivity index (χ4v) is 2.24. The molecule has 2 rings (SSSR count). The number of aromatic hydroxyl groups is 1. The van der Waals surface area contributed by atoms with Crippen molar-refractivity contribution >= 4 is 34.8 Å². The fraction of sp³-hybridized carbons (Fsp3) is 0.167. The van der Waals surface area contributed by atoms with Gasteiger partial charge in [-0.3, -0.25) is 9.59 Å². The summed E-state index contributed by atoms with van der Waals surface area (Å²) in [5, 5.41) is 16.3. The third-order valence-corrected chi connectivity index (χ3v) is 3.56. The average molecular weight is 376 g/mol. The number of methoxy groups -OCH3 is 1. The molecule has 0 aliphatic carbocycles. The molecule has 2 amide bonds. The zero-order valence-corrected chi connectivity index (χ0v) is 15.0. The van der Waals surface area contributed by atoms with Crippen LogP contribution in [0.4, 0.5) is 5.69 Å². The summed E-state index contributed by atoms with van der Waals surface area (Å²) in [7, 11) is 1.49. The van der Waals surface area contributed by atoms with Crippen molar-refractivity contribution in [3.63, 3.8) is 0 Å². The van der Waals surface area contributed by atoms with Crippen molar-refractivity contribution in [1.29, 1.82) is 0 Å². The second-order valence-corrected chi connectivity index (χ2v) is 5.84. The van der Waals surface area contributed by atoms with Crippen molar-refractivity contribution < 1.29 is 19.4 Å². The molecule has 0 fully saturated rings. The van der Waals surface area contributed by atoms with Gasteiger partial charge in [0.15, 0.2) is 0 Å². The monoisotopic (exact) mass is 375 g/mol. The molecule has 0 radical (unpaired) electrons. The van der Waals surface area contributed by atoms with Crippen LogP contribution in [0.5, 0.6) is 11.5 Å². The van der Waals surface area contributed by atoms with Crippen LogP contribution < -0.4 is 15.5 Å². The fourth-order valence-electron chi connectivity index (χ4n) is 2.07. The van der Waals surface area contributed by atoms with Gasteiger partial charge in [-0.05, 0) is 49.4 Å². The molecule has 0 aliphatic rings. The number of hydrogen-bond acceptors (Lipinski definition) is 5. The number of amides is 2. The molecule has 0 unspecified atom stereocenters. The first-order valence-electron chi connectivity index (χ1n) is 7.65. The van der Waals surface area contributed by atoms with Crippen molar-refractivity contribution in [2.75, 3.05) is 12.4 Å². The number of phenolic OH excluding ortho intramolecular Hbond substituents is 1. The smallest absolute Gasteiger partial charge is 0.271 e. The van der Waals surface area contributed by atoms with Crippen LogP contribution in [0.1, 0.15) is 23.7 Å². The summed E-state index contributed by atoms with van der Waals surface area (Å²) >= 11 is 5.92. The highest BCUT2D eigenvalue weighted by Gasteiger charge is 2.10. The zero-order chi connectivity index (χ0) is 19.1. The van der Waals surface area contributed by atoms with E-state index in [1.807, 2.05) is 0 Å². The molecular formula is C18H18ClN3O4. The Balaban J connectivity index is 1.94. The lowest BCUT2D eigenvalue weighted by molar-refractivity contribution is -0.115. The largest absolute Gasteiger partial charge is 0.508 e. The minimum absolute atomic E-state index is 0.0223. The summed E-state index contributed by atoms with van der Waals surface area (Å²) in [5.41, 5.74) is 3.56. The van der Waals surface area contributed by atoms with E-state index < -0.39 is 5.91 Å². The van der Waals surface area contributed by atoms with Crippen molar-refractivity contribution in [3.8, 4) is 11.5 Å². The van der Waals surface area contributed by atoms with E-state index in [4.69, 9.17) is 16.3 Å². The van der Waals surface area contributed by atoms with Crippen LogP contribution in [0, 0.1) is 0 Å². The Kier molecular flexibility index (Phi) is 6.57. The predicted molar refractivity (Wildman–Crippen MR) is 99.9 cm³/mol. The van der Waals surface area contributed by atoms with Crippen LogP contribution >= 0.6 is 11.6 Å². The Hall–Kier alpha value is -3.06. The van der Waals surface area contributed by atoms with Crippen LogP contribution in [-0.2, 0) is 4.79 Å². The van der Waals surface area contributed by atoms with E-state index in [9.17, 15) is 14.7 Å². The molecule has 0 saturated carbocycles. The first-order valence-corrected chi connectivity index (χ1v) is 8.02. The van der Waals surface area contributed by atoms with Gasteiger partial charge in [0.2, 0.25) is 5.91 Å². The molecule has 2 aromatic carbocycles. The van der Waals surface area contributed by atoms with E-state index in [1.54, 1.807) is 25.1 Å². The van der Waals surface area contributed by atoms with Gasteiger partial charge in [0, 0.05) is 16.3 Å². The molecule has 0 aliphatic heterocycles. The number of phenols is 1. The highest BCUT2D eigenvalue weighted by atomic mass is 35.5. The van der Waals surface area contributed by atoms with Crippen molar-refractivity contribution in [2.45, 2.75) is 13.3 Å². The number of rotatable bonds is 6. The van der Waals surface area contributed by atoms with Gasteiger partial charge in [0.25, 0.3) is 5.91 Å². The second-order valence-electron chi connectivity index (χ2n) is 5.40. The summed E-state index contributed by atoms with van der Waals surface area (Å²) in [4.78, 5) is 24.1. The zero-order valence-electron chi connectivity index (χ0n) is 14.2. The van der Waals surface area contributed by atoms with Gasteiger partial charge in [-0.15, -0.1) is 0 Å². The second kappa shape index (κ2) is 8.87. The molecule has 7 nitrogen and oxygen atoms in total. The number of carbonyl (C=O) groups is 2. The normalized spacial score (nSPS) is 11.0. The number of hydrogen-bond donors (Lipinski definition) is 3. The maximum atomic E-state index is 12.1. The number of halogens is 1. The number of nitrogens with zero attached hydrogens (tertiary/aromatic N) is 1. The lowest BCUT2D eigenvalue weighted by atomic mass is 10.2.